The molecule has 0 amide bonds. The predicted molar refractivity (Wildman–Crippen MR) is 81.1 cm³/mol. The molecular weight excluding hydrogens is 252 g/mol. The van der Waals surface area contributed by atoms with Gasteiger partial charge in [-0.1, -0.05) is 35.5 Å². The van der Waals surface area contributed by atoms with Gasteiger partial charge < -0.3 is 21.2 Å². The van der Waals surface area contributed by atoms with E-state index >= 15 is 0 Å². The van der Waals surface area contributed by atoms with Crippen LogP contribution in [0, 0.1) is 5.92 Å². The summed E-state index contributed by atoms with van der Waals surface area (Å²) in [5.74, 6) is 0.872. The first kappa shape index (κ1) is 14.8. The Morgan fingerprint density at radius 1 is 1.50 bits per heavy atom. The average Bonchev–Trinajstić information content (AvgIpc) is 2.89. The van der Waals surface area contributed by atoms with Gasteiger partial charge in [0.15, 0.2) is 0 Å². The molecule has 1 aromatic rings. The summed E-state index contributed by atoms with van der Waals surface area (Å²) >= 11 is 0. The third-order valence-corrected chi connectivity index (χ3v) is 3.94. The third-order valence-electron chi connectivity index (χ3n) is 3.94. The van der Waals surface area contributed by atoms with Crippen LogP contribution in [0.25, 0.3) is 0 Å². The van der Waals surface area contributed by atoms with Crippen molar-refractivity contribution in [1.29, 1.82) is 0 Å². The molecule has 0 aromatic heterocycles. The molecule has 0 saturated carbocycles. The maximum absolute atomic E-state index is 8.94. The zero-order valence-corrected chi connectivity index (χ0v) is 12.0. The van der Waals surface area contributed by atoms with Crippen molar-refractivity contribution < 1.29 is 5.21 Å². The van der Waals surface area contributed by atoms with Gasteiger partial charge in [0.1, 0.15) is 5.84 Å². The van der Waals surface area contributed by atoms with E-state index in [4.69, 9.17) is 10.9 Å². The minimum Gasteiger partial charge on any atom is -0.409 e. The lowest BCUT2D eigenvalue weighted by Gasteiger charge is -2.18. The molecule has 1 aromatic carbocycles. The van der Waals surface area contributed by atoms with Crippen LogP contribution in [0.2, 0.25) is 0 Å². The highest BCUT2D eigenvalue weighted by Crippen LogP contribution is 2.16. The van der Waals surface area contributed by atoms with E-state index < -0.39 is 0 Å². The molecule has 110 valence electrons. The molecule has 1 aliphatic heterocycles. The molecular formula is C15H24N4O. The molecule has 0 spiro atoms. The number of nitrogens with one attached hydrogen (secondary N) is 1. The number of hydrogen-bond acceptors (Lipinski definition) is 4. The number of nitrogens with zero attached hydrogens (tertiary/aromatic N) is 2. The van der Waals surface area contributed by atoms with E-state index in [0.717, 1.165) is 18.7 Å². The molecule has 20 heavy (non-hydrogen) atoms. The van der Waals surface area contributed by atoms with Crippen molar-refractivity contribution in [2.24, 2.45) is 16.8 Å². The highest BCUT2D eigenvalue weighted by molar-refractivity contribution is 5.87. The molecule has 4 N–H and O–H groups in total. The largest absolute Gasteiger partial charge is 0.409 e. The van der Waals surface area contributed by atoms with Gasteiger partial charge >= 0.3 is 0 Å². The van der Waals surface area contributed by atoms with Crippen LogP contribution in [0.1, 0.15) is 17.9 Å². The van der Waals surface area contributed by atoms with E-state index in [1.54, 1.807) is 0 Å². The van der Waals surface area contributed by atoms with E-state index in [-0.39, 0.29) is 11.8 Å². The maximum Gasteiger partial charge on any atom is 0.147 e. The fraction of sp³-hybridized carbons (Fsp3) is 0.533. The molecule has 0 radical (unpaired) electrons. The zero-order valence-electron chi connectivity index (χ0n) is 12.0. The Kier molecular flexibility index (Phi) is 5.38. The van der Waals surface area contributed by atoms with Crippen LogP contribution in [0.4, 0.5) is 0 Å². The first-order valence-electron chi connectivity index (χ1n) is 7.12. The SMILES string of the molecule is CN1CCC(CNCC(C(N)=NO)c2ccccc2)C1. The van der Waals surface area contributed by atoms with Gasteiger partial charge in [-0.25, -0.2) is 0 Å². The van der Waals surface area contributed by atoms with Crippen LogP contribution >= 0.6 is 0 Å². The molecule has 5 heteroatoms. The minimum atomic E-state index is -0.0830. The summed E-state index contributed by atoms with van der Waals surface area (Å²) in [6.45, 7) is 3.99. The van der Waals surface area contributed by atoms with Crippen molar-refractivity contribution in [3.8, 4) is 0 Å². The van der Waals surface area contributed by atoms with Crippen molar-refractivity contribution in [1.82, 2.24) is 10.2 Å². The Morgan fingerprint density at radius 2 is 2.25 bits per heavy atom. The van der Waals surface area contributed by atoms with Gasteiger partial charge in [-0.2, -0.15) is 0 Å². The van der Waals surface area contributed by atoms with Crippen LogP contribution in [0.5, 0.6) is 0 Å². The summed E-state index contributed by atoms with van der Waals surface area (Å²) in [4.78, 5) is 2.35. The standard InChI is InChI=1S/C15H24N4O/c1-19-8-7-12(11-19)9-17-10-14(15(16)18-20)13-5-3-2-4-6-13/h2-6,12,14,17,20H,7-11H2,1H3,(H2,16,18). The number of oxime groups is 1. The number of hydrogen-bond donors (Lipinski definition) is 3. The second-order valence-electron chi connectivity index (χ2n) is 5.56. The Balaban J connectivity index is 1.89. The molecule has 2 rings (SSSR count). The second-order valence-corrected chi connectivity index (χ2v) is 5.56. The molecule has 2 unspecified atom stereocenters. The fourth-order valence-electron chi connectivity index (χ4n) is 2.77. The maximum atomic E-state index is 8.94. The smallest absolute Gasteiger partial charge is 0.147 e. The Labute approximate surface area is 120 Å². The number of rotatable bonds is 6. The summed E-state index contributed by atoms with van der Waals surface area (Å²) in [7, 11) is 2.16. The highest BCUT2D eigenvalue weighted by Gasteiger charge is 2.21. The summed E-state index contributed by atoms with van der Waals surface area (Å²) in [6.07, 6.45) is 1.24. The van der Waals surface area contributed by atoms with Crippen molar-refractivity contribution in [2.75, 3.05) is 33.2 Å². The van der Waals surface area contributed by atoms with Crippen LogP contribution in [-0.4, -0.2) is 49.2 Å². The lowest BCUT2D eigenvalue weighted by atomic mass is 9.97. The molecule has 1 aliphatic rings. The van der Waals surface area contributed by atoms with Crippen molar-refractivity contribution in [3.63, 3.8) is 0 Å². The third kappa shape index (κ3) is 3.95. The van der Waals surface area contributed by atoms with E-state index in [1.807, 2.05) is 30.3 Å². The predicted octanol–water partition coefficient (Wildman–Crippen LogP) is 1.06. The lowest BCUT2D eigenvalue weighted by molar-refractivity contribution is 0.315. The minimum absolute atomic E-state index is 0.0830. The van der Waals surface area contributed by atoms with E-state index in [9.17, 15) is 0 Å². The Bertz CT molecular complexity index is 435. The van der Waals surface area contributed by atoms with Gasteiger partial charge in [-0.3, -0.25) is 0 Å². The van der Waals surface area contributed by atoms with Gasteiger partial charge in [0, 0.05) is 13.1 Å². The zero-order chi connectivity index (χ0) is 14.4. The van der Waals surface area contributed by atoms with Crippen LogP contribution in [0.15, 0.2) is 35.5 Å². The number of benzene rings is 1. The van der Waals surface area contributed by atoms with E-state index in [2.05, 4.69) is 22.4 Å². The van der Waals surface area contributed by atoms with Crippen LogP contribution in [-0.2, 0) is 0 Å². The van der Waals surface area contributed by atoms with Crippen molar-refractivity contribution in [3.05, 3.63) is 35.9 Å². The van der Waals surface area contributed by atoms with Crippen LogP contribution in [0.3, 0.4) is 0 Å². The monoisotopic (exact) mass is 276 g/mol. The molecule has 1 saturated heterocycles. The molecule has 2 atom stereocenters. The summed E-state index contributed by atoms with van der Waals surface area (Å²) in [5, 5.41) is 15.6. The number of amidine groups is 1. The van der Waals surface area contributed by atoms with Crippen molar-refractivity contribution in [2.45, 2.75) is 12.3 Å². The molecule has 1 fully saturated rings. The number of nitrogens with two attached hydrogens (primary N) is 1. The first-order chi connectivity index (χ1) is 9.70. The van der Waals surface area contributed by atoms with E-state index in [0.29, 0.717) is 12.5 Å². The van der Waals surface area contributed by atoms with Gasteiger partial charge in [0.2, 0.25) is 0 Å². The van der Waals surface area contributed by atoms with E-state index in [1.165, 1.54) is 13.0 Å². The molecule has 1 heterocycles. The van der Waals surface area contributed by atoms with Crippen molar-refractivity contribution >= 4 is 5.84 Å². The van der Waals surface area contributed by atoms with Crippen LogP contribution < -0.4 is 11.1 Å². The Morgan fingerprint density at radius 3 is 2.85 bits per heavy atom. The summed E-state index contributed by atoms with van der Waals surface area (Å²) in [6, 6.07) is 9.92. The van der Waals surface area contributed by atoms with Gasteiger partial charge in [-0.05, 0) is 38.0 Å². The molecule has 0 bridgehead atoms. The molecule has 5 nitrogen and oxygen atoms in total. The van der Waals surface area contributed by atoms with Gasteiger partial charge in [-0.15, -0.1) is 0 Å². The average molecular weight is 276 g/mol. The molecule has 0 aliphatic carbocycles. The number of likely N-dealkylation sites (tertiary alicyclic amines) is 1. The lowest BCUT2D eigenvalue weighted by Crippen LogP contribution is -2.34. The fourth-order valence-corrected chi connectivity index (χ4v) is 2.77. The quantitative estimate of drug-likeness (QED) is 0.314. The summed E-state index contributed by atoms with van der Waals surface area (Å²) < 4.78 is 0. The van der Waals surface area contributed by atoms with Gasteiger partial charge in [0.05, 0.1) is 5.92 Å². The Hall–Kier alpha value is -1.59. The summed E-state index contributed by atoms with van der Waals surface area (Å²) in [5.41, 5.74) is 6.89. The second kappa shape index (κ2) is 7.26. The highest BCUT2D eigenvalue weighted by atomic mass is 16.4. The normalized spacial score (nSPS) is 22.1. The van der Waals surface area contributed by atoms with Gasteiger partial charge in [0.25, 0.3) is 0 Å². The topological polar surface area (TPSA) is 73.9 Å². The first-order valence-corrected chi connectivity index (χ1v) is 7.12.